The summed E-state index contributed by atoms with van der Waals surface area (Å²) in [6.45, 7) is 16.8. The molecule has 4 heteroatoms. The van der Waals surface area contributed by atoms with Gasteiger partial charge in [0.25, 0.3) is 0 Å². The molecule has 0 aromatic carbocycles. The molecule has 120 valence electrons. The Labute approximate surface area is 134 Å². The molecule has 0 amide bonds. The molecule has 1 atom stereocenters. The third-order valence-corrected chi connectivity index (χ3v) is 5.05. The smallest absolute Gasteiger partial charge is 0.107 e. The summed E-state index contributed by atoms with van der Waals surface area (Å²) in [5.74, 6) is 0. The molecule has 1 unspecified atom stereocenters. The minimum absolute atomic E-state index is 0.153. The van der Waals surface area contributed by atoms with E-state index in [1.54, 1.807) is 0 Å². The van der Waals surface area contributed by atoms with Gasteiger partial charge in [-0.15, -0.1) is 11.3 Å². The molecule has 1 saturated heterocycles. The van der Waals surface area contributed by atoms with Crippen molar-refractivity contribution >= 4 is 11.3 Å². The van der Waals surface area contributed by atoms with Crippen LogP contribution < -0.4 is 5.32 Å². The van der Waals surface area contributed by atoms with Gasteiger partial charge in [0.15, 0.2) is 0 Å². The van der Waals surface area contributed by atoms with Gasteiger partial charge >= 0.3 is 0 Å². The molecule has 1 N–H and O–H groups in total. The van der Waals surface area contributed by atoms with Crippen molar-refractivity contribution in [2.24, 2.45) is 0 Å². The first-order chi connectivity index (χ1) is 9.71. The van der Waals surface area contributed by atoms with Crippen molar-refractivity contribution in [1.29, 1.82) is 0 Å². The summed E-state index contributed by atoms with van der Waals surface area (Å²) in [5.41, 5.74) is 1.58. The Bertz CT molecular complexity index is 459. The Morgan fingerprint density at radius 3 is 2.71 bits per heavy atom. The van der Waals surface area contributed by atoms with Crippen molar-refractivity contribution in [3.8, 4) is 0 Å². The van der Waals surface area contributed by atoms with Crippen LogP contribution in [-0.4, -0.2) is 34.6 Å². The zero-order valence-corrected chi connectivity index (χ0v) is 15.3. The molecule has 0 bridgehead atoms. The van der Waals surface area contributed by atoms with Gasteiger partial charge in [-0.2, -0.15) is 0 Å². The number of nitrogens with zero attached hydrogens (tertiary/aromatic N) is 2. The predicted molar refractivity (Wildman–Crippen MR) is 92.0 cm³/mol. The van der Waals surface area contributed by atoms with Crippen LogP contribution in [0.2, 0.25) is 0 Å². The van der Waals surface area contributed by atoms with Crippen LogP contribution in [0.4, 0.5) is 0 Å². The molecule has 3 nitrogen and oxygen atoms in total. The molecule has 2 heterocycles. The maximum atomic E-state index is 4.87. The Morgan fingerprint density at radius 2 is 2.14 bits per heavy atom. The largest absolute Gasteiger partial charge is 0.309 e. The fourth-order valence-corrected chi connectivity index (χ4v) is 3.97. The highest BCUT2D eigenvalue weighted by Crippen LogP contribution is 2.26. The molecule has 0 aliphatic carbocycles. The van der Waals surface area contributed by atoms with E-state index in [0.717, 1.165) is 19.6 Å². The van der Waals surface area contributed by atoms with E-state index in [9.17, 15) is 0 Å². The third-order valence-electron chi connectivity index (χ3n) is 4.21. The fraction of sp³-hybridized carbons (Fsp3) is 0.824. The Morgan fingerprint density at radius 1 is 1.43 bits per heavy atom. The van der Waals surface area contributed by atoms with Crippen LogP contribution in [0.3, 0.4) is 0 Å². The summed E-state index contributed by atoms with van der Waals surface area (Å²) >= 11 is 1.82. The van der Waals surface area contributed by atoms with Crippen molar-refractivity contribution in [1.82, 2.24) is 15.2 Å². The standard InChI is InChI=1S/C17H31N3S/c1-7-8-13-9-18-17(5,6)12-20(13)10-15-19-14(11-21-15)16(2,3)4/h11,13,18H,7-10,12H2,1-6H3. The molecule has 0 radical (unpaired) electrons. The Hall–Kier alpha value is -0.450. The van der Waals surface area contributed by atoms with E-state index in [0.29, 0.717) is 6.04 Å². The predicted octanol–water partition coefficient (Wildman–Crippen LogP) is 3.79. The number of aromatic nitrogens is 1. The second-order valence-corrected chi connectivity index (χ2v) is 8.93. The van der Waals surface area contributed by atoms with Gasteiger partial charge in [0.1, 0.15) is 5.01 Å². The minimum Gasteiger partial charge on any atom is -0.309 e. The Kier molecular flexibility index (Phi) is 5.11. The average molecular weight is 310 g/mol. The van der Waals surface area contributed by atoms with Gasteiger partial charge < -0.3 is 5.32 Å². The monoisotopic (exact) mass is 309 g/mol. The molecule has 1 aliphatic rings. The van der Waals surface area contributed by atoms with E-state index < -0.39 is 0 Å². The van der Waals surface area contributed by atoms with Crippen LogP contribution in [0.15, 0.2) is 5.38 Å². The molecule has 21 heavy (non-hydrogen) atoms. The Balaban J connectivity index is 2.09. The van der Waals surface area contributed by atoms with Gasteiger partial charge in [0, 0.05) is 35.5 Å². The lowest BCUT2D eigenvalue weighted by molar-refractivity contribution is 0.0825. The highest BCUT2D eigenvalue weighted by molar-refractivity contribution is 7.09. The lowest BCUT2D eigenvalue weighted by atomic mass is 9.93. The van der Waals surface area contributed by atoms with Crippen molar-refractivity contribution in [2.45, 2.75) is 77.9 Å². The minimum atomic E-state index is 0.153. The summed E-state index contributed by atoms with van der Waals surface area (Å²) in [7, 11) is 0. The van der Waals surface area contributed by atoms with E-state index in [2.05, 4.69) is 57.1 Å². The SMILES string of the molecule is CCCC1CNC(C)(C)CN1Cc1nc(C(C)(C)C)cs1. The lowest BCUT2D eigenvalue weighted by Crippen LogP contribution is -2.61. The van der Waals surface area contributed by atoms with Gasteiger partial charge in [-0.25, -0.2) is 4.98 Å². The summed E-state index contributed by atoms with van der Waals surface area (Å²) in [6, 6.07) is 0.644. The molecule has 1 aliphatic heterocycles. The van der Waals surface area contributed by atoms with Crippen LogP contribution >= 0.6 is 11.3 Å². The molecule has 1 fully saturated rings. The number of hydrogen-bond donors (Lipinski definition) is 1. The van der Waals surface area contributed by atoms with Crippen LogP contribution in [0.25, 0.3) is 0 Å². The first-order valence-electron chi connectivity index (χ1n) is 8.15. The lowest BCUT2D eigenvalue weighted by Gasteiger charge is -2.44. The van der Waals surface area contributed by atoms with E-state index >= 15 is 0 Å². The highest BCUT2D eigenvalue weighted by atomic mass is 32.1. The van der Waals surface area contributed by atoms with E-state index in [1.807, 2.05) is 11.3 Å². The third kappa shape index (κ3) is 4.51. The summed E-state index contributed by atoms with van der Waals surface area (Å²) < 4.78 is 0. The second kappa shape index (κ2) is 6.35. The summed E-state index contributed by atoms with van der Waals surface area (Å²) in [5, 5.41) is 7.18. The number of piperazine rings is 1. The van der Waals surface area contributed by atoms with Crippen molar-refractivity contribution in [3.05, 3.63) is 16.1 Å². The van der Waals surface area contributed by atoms with Crippen molar-refractivity contribution < 1.29 is 0 Å². The van der Waals surface area contributed by atoms with Gasteiger partial charge in [-0.05, 0) is 20.3 Å². The normalized spacial score (nSPS) is 23.4. The topological polar surface area (TPSA) is 28.2 Å². The van der Waals surface area contributed by atoms with Crippen LogP contribution in [0, 0.1) is 0 Å². The van der Waals surface area contributed by atoms with Gasteiger partial charge in [0.05, 0.1) is 12.2 Å². The van der Waals surface area contributed by atoms with Gasteiger partial charge in [-0.3, -0.25) is 4.90 Å². The summed E-state index contributed by atoms with van der Waals surface area (Å²) in [6.07, 6.45) is 2.51. The van der Waals surface area contributed by atoms with Crippen molar-refractivity contribution in [2.75, 3.05) is 13.1 Å². The molecule has 1 aromatic rings. The molecule has 1 aromatic heterocycles. The molecule has 0 saturated carbocycles. The zero-order valence-electron chi connectivity index (χ0n) is 14.5. The molecular weight excluding hydrogens is 278 g/mol. The second-order valence-electron chi connectivity index (χ2n) is 7.99. The molecule has 0 spiro atoms. The maximum absolute atomic E-state index is 4.87. The van der Waals surface area contributed by atoms with E-state index in [-0.39, 0.29) is 11.0 Å². The average Bonchev–Trinajstić information content (AvgIpc) is 2.81. The number of hydrogen-bond acceptors (Lipinski definition) is 4. The van der Waals surface area contributed by atoms with Gasteiger partial charge in [0.2, 0.25) is 0 Å². The first kappa shape index (κ1) is 16.9. The maximum Gasteiger partial charge on any atom is 0.107 e. The molecular formula is C17H31N3S. The highest BCUT2D eigenvalue weighted by Gasteiger charge is 2.32. The van der Waals surface area contributed by atoms with Crippen LogP contribution in [-0.2, 0) is 12.0 Å². The van der Waals surface area contributed by atoms with Gasteiger partial charge in [-0.1, -0.05) is 34.1 Å². The molecule has 2 rings (SSSR count). The fourth-order valence-electron chi connectivity index (χ4n) is 2.92. The van der Waals surface area contributed by atoms with E-state index in [4.69, 9.17) is 4.98 Å². The first-order valence-corrected chi connectivity index (χ1v) is 9.03. The van der Waals surface area contributed by atoms with Crippen molar-refractivity contribution in [3.63, 3.8) is 0 Å². The summed E-state index contributed by atoms with van der Waals surface area (Å²) in [4.78, 5) is 7.50. The van der Waals surface area contributed by atoms with Crippen LogP contribution in [0.5, 0.6) is 0 Å². The number of thiazole rings is 1. The van der Waals surface area contributed by atoms with Crippen LogP contribution in [0.1, 0.15) is 65.1 Å². The number of nitrogens with one attached hydrogen (secondary N) is 1. The van der Waals surface area contributed by atoms with E-state index in [1.165, 1.54) is 23.5 Å². The quantitative estimate of drug-likeness (QED) is 0.917. The number of rotatable bonds is 4. The zero-order chi connectivity index (χ0) is 15.7.